The van der Waals surface area contributed by atoms with Crippen molar-refractivity contribution in [2.45, 2.75) is 6.54 Å². The fourth-order valence-corrected chi connectivity index (χ4v) is 2.08. The van der Waals surface area contributed by atoms with E-state index in [0.29, 0.717) is 23.2 Å². The summed E-state index contributed by atoms with van der Waals surface area (Å²) in [5.74, 6) is 1.45. The number of ether oxygens (including phenoxy) is 2. The van der Waals surface area contributed by atoms with Crippen LogP contribution in [0.1, 0.15) is 5.56 Å². The SMILES string of the molecule is COCCNCc1ccc(Cl)cc1Oc1ccc(Cl)cc1. The molecule has 0 aliphatic heterocycles. The lowest BCUT2D eigenvalue weighted by Crippen LogP contribution is -2.18. The van der Waals surface area contributed by atoms with Gasteiger partial charge in [-0.3, -0.25) is 0 Å². The van der Waals surface area contributed by atoms with Crippen molar-refractivity contribution in [2.75, 3.05) is 20.3 Å². The Morgan fingerprint density at radius 3 is 2.43 bits per heavy atom. The van der Waals surface area contributed by atoms with Crippen LogP contribution in [0.5, 0.6) is 11.5 Å². The molecular formula is C16H17Cl2NO2. The smallest absolute Gasteiger partial charge is 0.133 e. The van der Waals surface area contributed by atoms with Gasteiger partial charge in [-0.15, -0.1) is 0 Å². The van der Waals surface area contributed by atoms with E-state index in [1.165, 1.54) is 0 Å². The first-order valence-electron chi connectivity index (χ1n) is 6.60. The fraction of sp³-hybridized carbons (Fsp3) is 0.250. The number of benzene rings is 2. The van der Waals surface area contributed by atoms with Gasteiger partial charge in [0, 0.05) is 35.8 Å². The largest absolute Gasteiger partial charge is 0.457 e. The number of rotatable bonds is 7. The molecule has 0 spiro atoms. The first-order valence-corrected chi connectivity index (χ1v) is 7.36. The molecule has 2 aromatic carbocycles. The van der Waals surface area contributed by atoms with Crippen molar-refractivity contribution in [1.29, 1.82) is 0 Å². The summed E-state index contributed by atoms with van der Waals surface area (Å²) in [6.45, 7) is 2.13. The molecule has 0 heterocycles. The second-order valence-corrected chi connectivity index (χ2v) is 5.35. The molecule has 0 radical (unpaired) electrons. The molecule has 112 valence electrons. The Kier molecular flexibility index (Phi) is 6.33. The van der Waals surface area contributed by atoms with E-state index in [4.69, 9.17) is 32.7 Å². The van der Waals surface area contributed by atoms with Gasteiger partial charge in [0.15, 0.2) is 0 Å². The van der Waals surface area contributed by atoms with E-state index in [-0.39, 0.29) is 0 Å². The van der Waals surface area contributed by atoms with Gasteiger partial charge in [0.05, 0.1) is 6.61 Å². The third-order valence-electron chi connectivity index (χ3n) is 2.87. The van der Waals surface area contributed by atoms with E-state index in [1.54, 1.807) is 19.2 Å². The summed E-state index contributed by atoms with van der Waals surface area (Å²) in [4.78, 5) is 0. The maximum Gasteiger partial charge on any atom is 0.133 e. The van der Waals surface area contributed by atoms with Crippen LogP contribution in [0.3, 0.4) is 0 Å². The Hall–Kier alpha value is -1.26. The third kappa shape index (κ3) is 5.21. The van der Waals surface area contributed by atoms with E-state index in [9.17, 15) is 0 Å². The molecule has 0 bridgehead atoms. The first-order chi connectivity index (χ1) is 10.2. The summed E-state index contributed by atoms with van der Waals surface area (Å²) in [6, 6.07) is 12.8. The van der Waals surface area contributed by atoms with Gasteiger partial charge in [-0.05, 0) is 36.4 Å². The molecule has 0 aromatic heterocycles. The quantitative estimate of drug-likeness (QED) is 0.759. The Labute approximate surface area is 134 Å². The molecule has 2 aromatic rings. The lowest BCUT2D eigenvalue weighted by molar-refractivity contribution is 0.199. The van der Waals surface area contributed by atoms with Crippen molar-refractivity contribution in [3.8, 4) is 11.5 Å². The van der Waals surface area contributed by atoms with E-state index in [2.05, 4.69) is 5.32 Å². The summed E-state index contributed by atoms with van der Waals surface area (Å²) < 4.78 is 10.9. The molecule has 0 saturated carbocycles. The second-order valence-electron chi connectivity index (χ2n) is 4.48. The van der Waals surface area contributed by atoms with Crippen LogP contribution in [-0.4, -0.2) is 20.3 Å². The van der Waals surface area contributed by atoms with Crippen LogP contribution in [0.2, 0.25) is 10.0 Å². The molecule has 0 saturated heterocycles. The summed E-state index contributed by atoms with van der Waals surface area (Å²) in [6.07, 6.45) is 0. The molecule has 0 aliphatic carbocycles. The Balaban J connectivity index is 2.09. The van der Waals surface area contributed by atoms with Gasteiger partial charge in [0.25, 0.3) is 0 Å². The normalized spacial score (nSPS) is 10.6. The van der Waals surface area contributed by atoms with Crippen LogP contribution in [0.25, 0.3) is 0 Å². The maximum absolute atomic E-state index is 6.05. The van der Waals surface area contributed by atoms with E-state index < -0.39 is 0 Å². The van der Waals surface area contributed by atoms with Crippen LogP contribution in [0.4, 0.5) is 0 Å². The van der Waals surface area contributed by atoms with Crippen molar-refractivity contribution >= 4 is 23.2 Å². The zero-order valence-corrected chi connectivity index (χ0v) is 13.2. The Bertz CT molecular complexity index is 573. The van der Waals surface area contributed by atoms with Gasteiger partial charge >= 0.3 is 0 Å². The molecule has 1 N–H and O–H groups in total. The van der Waals surface area contributed by atoms with Crippen molar-refractivity contribution in [1.82, 2.24) is 5.32 Å². The molecule has 0 aliphatic rings. The Morgan fingerprint density at radius 2 is 1.71 bits per heavy atom. The molecule has 0 atom stereocenters. The van der Waals surface area contributed by atoms with Crippen LogP contribution in [0, 0.1) is 0 Å². The summed E-state index contributed by atoms with van der Waals surface area (Å²) in [5.41, 5.74) is 1.03. The summed E-state index contributed by atoms with van der Waals surface area (Å²) >= 11 is 11.9. The van der Waals surface area contributed by atoms with E-state index in [0.717, 1.165) is 23.6 Å². The number of methoxy groups -OCH3 is 1. The van der Waals surface area contributed by atoms with Crippen molar-refractivity contribution in [3.05, 3.63) is 58.1 Å². The predicted molar refractivity (Wildman–Crippen MR) is 86.6 cm³/mol. The minimum atomic E-state index is 0.639. The molecule has 0 unspecified atom stereocenters. The van der Waals surface area contributed by atoms with Crippen molar-refractivity contribution in [3.63, 3.8) is 0 Å². The molecule has 5 heteroatoms. The van der Waals surface area contributed by atoms with Crippen molar-refractivity contribution < 1.29 is 9.47 Å². The minimum Gasteiger partial charge on any atom is -0.457 e. The highest BCUT2D eigenvalue weighted by Gasteiger charge is 2.06. The third-order valence-corrected chi connectivity index (χ3v) is 3.36. The molecular weight excluding hydrogens is 309 g/mol. The van der Waals surface area contributed by atoms with E-state index in [1.807, 2.05) is 30.3 Å². The second kappa shape index (κ2) is 8.25. The molecule has 3 nitrogen and oxygen atoms in total. The average molecular weight is 326 g/mol. The van der Waals surface area contributed by atoms with Gasteiger partial charge in [-0.25, -0.2) is 0 Å². The zero-order chi connectivity index (χ0) is 15.1. The first kappa shape index (κ1) is 16.1. The standard InChI is InChI=1S/C16H17Cl2NO2/c1-20-9-8-19-11-12-2-3-14(18)10-16(12)21-15-6-4-13(17)5-7-15/h2-7,10,19H,8-9,11H2,1H3. The fourth-order valence-electron chi connectivity index (χ4n) is 1.80. The van der Waals surface area contributed by atoms with Gasteiger partial charge in [0.1, 0.15) is 11.5 Å². The maximum atomic E-state index is 6.05. The number of nitrogens with one attached hydrogen (secondary N) is 1. The topological polar surface area (TPSA) is 30.5 Å². The zero-order valence-electron chi connectivity index (χ0n) is 11.7. The number of hydrogen-bond donors (Lipinski definition) is 1. The highest BCUT2D eigenvalue weighted by molar-refractivity contribution is 6.31. The molecule has 21 heavy (non-hydrogen) atoms. The highest BCUT2D eigenvalue weighted by atomic mass is 35.5. The molecule has 2 rings (SSSR count). The van der Waals surface area contributed by atoms with Crippen LogP contribution in [-0.2, 0) is 11.3 Å². The van der Waals surface area contributed by atoms with Crippen LogP contribution < -0.4 is 10.1 Å². The average Bonchev–Trinajstić information content (AvgIpc) is 2.48. The highest BCUT2D eigenvalue weighted by Crippen LogP contribution is 2.29. The monoisotopic (exact) mass is 325 g/mol. The van der Waals surface area contributed by atoms with Gasteiger partial charge in [-0.2, -0.15) is 0 Å². The summed E-state index contributed by atoms with van der Waals surface area (Å²) in [5, 5.41) is 4.60. The lowest BCUT2D eigenvalue weighted by atomic mass is 10.2. The number of hydrogen-bond acceptors (Lipinski definition) is 3. The van der Waals surface area contributed by atoms with Gasteiger partial charge in [-0.1, -0.05) is 29.3 Å². The molecule has 0 amide bonds. The van der Waals surface area contributed by atoms with Gasteiger partial charge in [0.2, 0.25) is 0 Å². The van der Waals surface area contributed by atoms with Crippen molar-refractivity contribution in [2.24, 2.45) is 0 Å². The Morgan fingerprint density at radius 1 is 1.00 bits per heavy atom. The summed E-state index contributed by atoms with van der Waals surface area (Å²) in [7, 11) is 1.68. The van der Waals surface area contributed by atoms with Gasteiger partial charge < -0.3 is 14.8 Å². The van der Waals surface area contributed by atoms with Crippen LogP contribution in [0.15, 0.2) is 42.5 Å². The number of halogens is 2. The van der Waals surface area contributed by atoms with Crippen LogP contribution >= 0.6 is 23.2 Å². The van der Waals surface area contributed by atoms with E-state index >= 15 is 0 Å². The lowest BCUT2D eigenvalue weighted by Gasteiger charge is -2.12. The molecule has 0 fully saturated rings. The predicted octanol–water partition coefficient (Wildman–Crippen LogP) is 4.52. The minimum absolute atomic E-state index is 0.639.